The van der Waals surface area contributed by atoms with Gasteiger partial charge in [-0.3, -0.25) is 4.79 Å². The number of hydrogen-bond donors (Lipinski definition) is 0. The molecular formula is C30H28ClF2N5O3PSi. The molecule has 8 nitrogen and oxygen atoms in total. The number of benzene rings is 2. The summed E-state index contributed by atoms with van der Waals surface area (Å²) in [5, 5.41) is -0.426. The maximum absolute atomic E-state index is 16.0. The molecule has 3 heterocycles. The fourth-order valence-electron chi connectivity index (χ4n) is 5.44. The lowest BCUT2D eigenvalue weighted by atomic mass is 10.1. The van der Waals surface area contributed by atoms with Gasteiger partial charge in [0.15, 0.2) is 11.5 Å². The van der Waals surface area contributed by atoms with Crippen LogP contribution in [0.15, 0.2) is 59.9 Å². The predicted octanol–water partition coefficient (Wildman–Crippen LogP) is 4.66. The van der Waals surface area contributed by atoms with Gasteiger partial charge in [-0.2, -0.15) is 4.98 Å². The van der Waals surface area contributed by atoms with Crippen molar-refractivity contribution in [1.82, 2.24) is 19.4 Å². The molecule has 13 heteroatoms. The van der Waals surface area contributed by atoms with E-state index in [1.165, 1.54) is 22.8 Å². The van der Waals surface area contributed by atoms with Gasteiger partial charge in [-0.15, -0.1) is 0 Å². The molecule has 1 amide bonds. The van der Waals surface area contributed by atoms with E-state index in [0.29, 0.717) is 16.6 Å². The Morgan fingerprint density at radius 3 is 2.47 bits per heavy atom. The lowest BCUT2D eigenvalue weighted by molar-refractivity contribution is -0.127. The molecule has 0 aliphatic carbocycles. The summed E-state index contributed by atoms with van der Waals surface area (Å²) in [5.74, 6) is -1.82. The molecule has 43 heavy (non-hydrogen) atoms. The highest BCUT2D eigenvalue weighted by Gasteiger charge is 2.38. The highest BCUT2D eigenvalue weighted by molar-refractivity contribution is 7.70. The van der Waals surface area contributed by atoms with E-state index in [9.17, 15) is 14.2 Å². The molecule has 0 bridgehead atoms. The fraction of sp³-hybridized carbons (Fsp3) is 0.267. The number of amides is 1. The quantitative estimate of drug-likeness (QED) is 0.180. The minimum Gasteiger partial charge on any atom is -0.350 e. The fourth-order valence-corrected chi connectivity index (χ4v) is 7.33. The molecule has 1 aliphatic rings. The molecular weight excluding hydrogens is 611 g/mol. The molecule has 0 N–H and O–H groups in total. The molecule has 2 aromatic carbocycles. The Bertz CT molecular complexity index is 1910. The Hall–Kier alpha value is -3.66. The Kier molecular flexibility index (Phi) is 7.96. The molecule has 0 saturated carbocycles. The smallest absolute Gasteiger partial charge is 0.350 e. The second-order valence-corrected chi connectivity index (χ2v) is 15.7. The summed E-state index contributed by atoms with van der Waals surface area (Å²) in [6.45, 7) is 11.0. The van der Waals surface area contributed by atoms with Crippen LogP contribution in [0.4, 0.5) is 14.6 Å². The molecule has 4 aromatic rings. The minimum absolute atomic E-state index is 0.0261. The molecule has 1 saturated heterocycles. The van der Waals surface area contributed by atoms with Gasteiger partial charge < -0.3 is 14.4 Å². The maximum atomic E-state index is 16.0. The van der Waals surface area contributed by atoms with Crippen LogP contribution >= 0.6 is 18.7 Å². The molecule has 1 fully saturated rings. The topological polar surface area (TPSA) is 88.4 Å². The third-order valence-electron chi connectivity index (χ3n) is 7.45. The van der Waals surface area contributed by atoms with E-state index < -0.39 is 35.3 Å². The average Bonchev–Trinajstić information content (AvgIpc) is 2.92. The summed E-state index contributed by atoms with van der Waals surface area (Å²) in [6.07, 6.45) is 1.22. The van der Waals surface area contributed by atoms with Crippen molar-refractivity contribution in [3.8, 4) is 16.9 Å². The molecule has 3 radical (unpaired) electrons. The van der Waals surface area contributed by atoms with Crippen molar-refractivity contribution in [3.05, 3.63) is 87.8 Å². The van der Waals surface area contributed by atoms with E-state index in [1.54, 1.807) is 55.2 Å². The van der Waals surface area contributed by atoms with Gasteiger partial charge in [0.2, 0.25) is 5.91 Å². The number of aryl methyl sites for hydroxylation is 1. The van der Waals surface area contributed by atoms with Crippen molar-refractivity contribution in [2.75, 3.05) is 37.9 Å². The van der Waals surface area contributed by atoms with Crippen LogP contribution in [0.25, 0.3) is 28.0 Å². The van der Waals surface area contributed by atoms with E-state index in [1.807, 2.05) is 0 Å². The van der Waals surface area contributed by atoms with Gasteiger partial charge in [0.25, 0.3) is 0 Å². The number of aromatic nitrogens is 3. The van der Waals surface area contributed by atoms with Gasteiger partial charge in [-0.05, 0) is 63.1 Å². The second kappa shape index (κ2) is 11.1. The molecule has 0 spiro atoms. The van der Waals surface area contributed by atoms with E-state index in [2.05, 4.69) is 26.8 Å². The van der Waals surface area contributed by atoms with Crippen LogP contribution in [0.5, 0.6) is 0 Å². The number of anilines is 1. The summed E-state index contributed by atoms with van der Waals surface area (Å²) in [4.78, 5) is 38.7. The SMILES string of the molecule is C=CC(=O)N1CCN(c2nc(=O)n(-c3c(C)cccc3P(C)(C)=O)c3nc(-c4c(F)cccc4Cl)c(F)cc23)[C@@](C)([Si])C1. The summed E-state index contributed by atoms with van der Waals surface area (Å²) in [6, 6.07) is 10.3. The van der Waals surface area contributed by atoms with Gasteiger partial charge in [-0.1, -0.05) is 36.4 Å². The van der Waals surface area contributed by atoms with Crippen LogP contribution in [-0.2, 0) is 9.36 Å². The zero-order valence-corrected chi connectivity index (χ0v) is 26.6. The number of nitrogens with zero attached hydrogens (tertiary/aromatic N) is 5. The van der Waals surface area contributed by atoms with Crippen molar-refractivity contribution in [3.63, 3.8) is 0 Å². The van der Waals surface area contributed by atoms with E-state index in [-0.39, 0.29) is 53.0 Å². The number of piperazine rings is 1. The Morgan fingerprint density at radius 2 is 1.84 bits per heavy atom. The minimum atomic E-state index is -2.95. The van der Waals surface area contributed by atoms with Crippen LogP contribution in [-0.4, -0.2) is 73.7 Å². The van der Waals surface area contributed by atoms with Crippen LogP contribution in [0.3, 0.4) is 0 Å². The van der Waals surface area contributed by atoms with Crippen LogP contribution in [0, 0.1) is 18.6 Å². The maximum Gasteiger partial charge on any atom is 0.355 e. The van der Waals surface area contributed by atoms with Gasteiger partial charge in [0.1, 0.15) is 24.5 Å². The molecule has 1 aliphatic heterocycles. The van der Waals surface area contributed by atoms with Gasteiger partial charge in [0.05, 0.1) is 31.9 Å². The Labute approximate surface area is 255 Å². The first-order chi connectivity index (χ1) is 20.2. The van der Waals surface area contributed by atoms with E-state index in [0.717, 1.165) is 12.1 Å². The summed E-state index contributed by atoms with van der Waals surface area (Å²) in [5.41, 5.74) is -0.529. The highest BCUT2D eigenvalue weighted by atomic mass is 35.5. The standard InChI is InChI=1S/C30H28ClF2N5O3PSi/c1-6-23(39)36-13-14-37(30(3,43)16-36)27-18-15-21(33)25(24-19(31)10-8-11-20(24)32)34-28(18)38(29(40)35-27)26-17(2)9-7-12-22(26)42(4,5)41/h6-12,15H,1,13-14,16H2,2-5H3/t30-/m0/s1. The first-order valence-corrected chi connectivity index (χ1v) is 16.8. The van der Waals surface area contributed by atoms with Crippen molar-refractivity contribution >= 4 is 57.0 Å². The zero-order chi connectivity index (χ0) is 31.4. The van der Waals surface area contributed by atoms with Crippen molar-refractivity contribution in [2.45, 2.75) is 19.0 Å². The Balaban J connectivity index is 1.88. The van der Waals surface area contributed by atoms with E-state index >= 15 is 8.78 Å². The third kappa shape index (κ3) is 5.45. The number of carbonyl (C=O) groups excluding carboxylic acids is 1. The number of hydrogen-bond acceptors (Lipinski definition) is 6. The molecule has 1 atom stereocenters. The molecule has 2 aromatic heterocycles. The van der Waals surface area contributed by atoms with Crippen molar-refractivity contribution in [2.24, 2.45) is 0 Å². The average molecular weight is 639 g/mol. The monoisotopic (exact) mass is 638 g/mol. The number of carbonyl (C=O) groups is 1. The third-order valence-corrected chi connectivity index (χ3v) is 9.72. The highest BCUT2D eigenvalue weighted by Crippen LogP contribution is 2.40. The van der Waals surface area contributed by atoms with Gasteiger partial charge >= 0.3 is 5.69 Å². The number of para-hydroxylation sites is 1. The number of pyridine rings is 1. The summed E-state index contributed by atoms with van der Waals surface area (Å²) in [7, 11) is 0.789. The summed E-state index contributed by atoms with van der Waals surface area (Å²) < 4.78 is 45.6. The lowest BCUT2D eigenvalue weighted by Gasteiger charge is -2.47. The van der Waals surface area contributed by atoms with Gasteiger partial charge in [-0.25, -0.2) is 23.1 Å². The lowest BCUT2D eigenvalue weighted by Crippen LogP contribution is -2.63. The summed E-state index contributed by atoms with van der Waals surface area (Å²) >= 11 is 6.31. The first kappa shape index (κ1) is 30.8. The number of rotatable bonds is 5. The molecule has 5 rings (SSSR count). The van der Waals surface area contributed by atoms with Crippen LogP contribution < -0.4 is 15.9 Å². The van der Waals surface area contributed by atoms with Gasteiger partial charge in [0, 0.05) is 30.1 Å². The second-order valence-electron chi connectivity index (χ2n) is 11.0. The normalized spacial score (nSPS) is 17.4. The first-order valence-electron chi connectivity index (χ1n) is 13.3. The zero-order valence-electron chi connectivity index (χ0n) is 24.0. The predicted molar refractivity (Wildman–Crippen MR) is 168 cm³/mol. The van der Waals surface area contributed by atoms with Crippen LogP contribution in [0.1, 0.15) is 12.5 Å². The van der Waals surface area contributed by atoms with E-state index in [4.69, 9.17) is 11.6 Å². The van der Waals surface area contributed by atoms with Crippen LogP contribution in [0.2, 0.25) is 5.02 Å². The molecule has 221 valence electrons. The largest absolute Gasteiger partial charge is 0.355 e. The van der Waals surface area contributed by atoms with Crippen molar-refractivity contribution in [1.29, 1.82) is 0 Å². The molecule has 0 unspecified atom stereocenters. The van der Waals surface area contributed by atoms with Crippen molar-refractivity contribution < 1.29 is 18.1 Å². The number of fused-ring (bicyclic) bond motifs is 1. The Morgan fingerprint density at radius 1 is 1.14 bits per heavy atom. The number of halogens is 3.